The fourth-order valence-corrected chi connectivity index (χ4v) is 6.33. The van der Waals surface area contributed by atoms with E-state index in [-0.39, 0.29) is 17.3 Å². The summed E-state index contributed by atoms with van der Waals surface area (Å²) in [6.07, 6.45) is 2.87. The van der Waals surface area contributed by atoms with Crippen LogP contribution in [0.5, 0.6) is 0 Å². The molecule has 5 atom stereocenters. The van der Waals surface area contributed by atoms with Gasteiger partial charge >= 0.3 is 0 Å². The van der Waals surface area contributed by atoms with Gasteiger partial charge in [0.25, 0.3) is 0 Å². The zero-order valence-electron chi connectivity index (χ0n) is 15.9. The van der Waals surface area contributed by atoms with Gasteiger partial charge in [0.2, 0.25) is 0 Å². The molecular formula is C24H29BrO2. The quantitative estimate of drug-likeness (QED) is 0.655. The molecule has 27 heavy (non-hydrogen) atoms. The molecule has 0 aromatic heterocycles. The lowest BCUT2D eigenvalue weighted by molar-refractivity contribution is -0.0814. The molecule has 2 aliphatic rings. The Labute approximate surface area is 170 Å². The van der Waals surface area contributed by atoms with E-state index in [2.05, 4.69) is 47.1 Å². The Morgan fingerprint density at radius 2 is 1.33 bits per heavy atom. The summed E-state index contributed by atoms with van der Waals surface area (Å²) in [6, 6.07) is 20.5. The van der Waals surface area contributed by atoms with Crippen LogP contribution in [0.15, 0.2) is 60.7 Å². The summed E-state index contributed by atoms with van der Waals surface area (Å²) in [7, 11) is 0. The molecule has 2 N–H and O–H groups in total. The van der Waals surface area contributed by atoms with Gasteiger partial charge in [-0.25, -0.2) is 0 Å². The molecule has 2 nitrogen and oxygen atoms in total. The minimum atomic E-state index is -0.543. The fraction of sp³-hybridized carbons (Fsp3) is 0.500. The van der Waals surface area contributed by atoms with E-state index >= 15 is 0 Å². The van der Waals surface area contributed by atoms with Crippen LogP contribution in [0.25, 0.3) is 0 Å². The van der Waals surface area contributed by atoms with Crippen molar-refractivity contribution in [3.8, 4) is 0 Å². The molecule has 2 aromatic rings. The first-order chi connectivity index (χ1) is 13.0. The standard InChI is InChI=1S/C24H29BrO2/c1-23(16-25)13-8-14-24(15-23)21(26)19(17-9-4-2-5-10-17)20(22(24)27)18-11-6-3-7-12-18/h2-7,9-12,19-22,26-27H,8,13-16H2,1H3/t19-,20-,21?,22?,23-,24?/m0/s1. The highest BCUT2D eigenvalue weighted by atomic mass is 79.9. The highest BCUT2D eigenvalue weighted by Gasteiger charge is 2.62. The molecule has 1 spiro atoms. The van der Waals surface area contributed by atoms with E-state index in [4.69, 9.17) is 0 Å². The van der Waals surface area contributed by atoms with Crippen molar-refractivity contribution in [1.29, 1.82) is 0 Å². The molecule has 0 saturated heterocycles. The highest BCUT2D eigenvalue weighted by molar-refractivity contribution is 9.09. The number of rotatable bonds is 3. The first-order valence-electron chi connectivity index (χ1n) is 10.0. The van der Waals surface area contributed by atoms with Crippen LogP contribution >= 0.6 is 15.9 Å². The monoisotopic (exact) mass is 428 g/mol. The average Bonchev–Trinajstić information content (AvgIpc) is 2.91. The zero-order chi connectivity index (χ0) is 19.1. The molecule has 2 aliphatic carbocycles. The first-order valence-corrected chi connectivity index (χ1v) is 11.1. The molecule has 144 valence electrons. The molecule has 0 radical (unpaired) electrons. The van der Waals surface area contributed by atoms with Crippen LogP contribution in [-0.4, -0.2) is 27.8 Å². The lowest BCUT2D eigenvalue weighted by Gasteiger charge is -2.48. The summed E-state index contributed by atoms with van der Waals surface area (Å²) in [5.74, 6) is -0.164. The van der Waals surface area contributed by atoms with Crippen molar-refractivity contribution >= 4 is 15.9 Å². The molecule has 3 heteroatoms. The van der Waals surface area contributed by atoms with E-state index < -0.39 is 17.6 Å². The van der Waals surface area contributed by atoms with Gasteiger partial charge in [-0.2, -0.15) is 0 Å². The molecule has 2 unspecified atom stereocenters. The fourth-order valence-electron chi connectivity index (χ4n) is 5.85. The maximum absolute atomic E-state index is 11.7. The molecule has 0 heterocycles. The van der Waals surface area contributed by atoms with Crippen molar-refractivity contribution in [1.82, 2.24) is 0 Å². The van der Waals surface area contributed by atoms with Gasteiger partial charge in [0.15, 0.2) is 0 Å². The lowest BCUT2D eigenvalue weighted by atomic mass is 9.60. The van der Waals surface area contributed by atoms with E-state index in [1.807, 2.05) is 36.4 Å². The predicted octanol–water partition coefficient (Wildman–Crippen LogP) is 5.25. The van der Waals surface area contributed by atoms with E-state index in [1.54, 1.807) is 0 Å². The van der Waals surface area contributed by atoms with Crippen LogP contribution < -0.4 is 0 Å². The van der Waals surface area contributed by atoms with Crippen LogP contribution in [0.4, 0.5) is 0 Å². The average molecular weight is 429 g/mol. The van der Waals surface area contributed by atoms with Gasteiger partial charge in [-0.05, 0) is 35.8 Å². The van der Waals surface area contributed by atoms with Gasteiger partial charge in [-0.1, -0.05) is 89.9 Å². The number of hydrogen-bond donors (Lipinski definition) is 2. The molecular weight excluding hydrogens is 400 g/mol. The van der Waals surface area contributed by atoms with Gasteiger partial charge in [0.05, 0.1) is 12.2 Å². The third-order valence-corrected chi connectivity index (χ3v) is 8.47. The van der Waals surface area contributed by atoms with Crippen LogP contribution in [0, 0.1) is 10.8 Å². The second kappa shape index (κ2) is 7.35. The van der Waals surface area contributed by atoms with Crippen molar-refractivity contribution in [3.05, 3.63) is 71.8 Å². The molecule has 0 bridgehead atoms. The molecule has 0 amide bonds. The Morgan fingerprint density at radius 3 is 1.78 bits per heavy atom. The van der Waals surface area contributed by atoms with Gasteiger partial charge < -0.3 is 10.2 Å². The molecule has 2 saturated carbocycles. The van der Waals surface area contributed by atoms with Crippen molar-refractivity contribution in [2.24, 2.45) is 10.8 Å². The Hall–Kier alpha value is -1.16. The topological polar surface area (TPSA) is 40.5 Å². The predicted molar refractivity (Wildman–Crippen MR) is 113 cm³/mol. The van der Waals surface area contributed by atoms with Crippen LogP contribution in [0.3, 0.4) is 0 Å². The Bertz CT molecular complexity index is 711. The number of halogens is 1. The van der Waals surface area contributed by atoms with Crippen LogP contribution in [0.2, 0.25) is 0 Å². The zero-order valence-corrected chi connectivity index (χ0v) is 17.5. The second-order valence-corrected chi connectivity index (χ2v) is 9.53. The van der Waals surface area contributed by atoms with Gasteiger partial charge in [-0.3, -0.25) is 0 Å². The summed E-state index contributed by atoms with van der Waals surface area (Å²) in [5.41, 5.74) is 1.93. The Balaban J connectivity index is 1.82. The summed E-state index contributed by atoms with van der Waals surface area (Å²) in [4.78, 5) is 0. The van der Waals surface area contributed by atoms with Crippen molar-refractivity contribution in [2.75, 3.05) is 5.33 Å². The van der Waals surface area contributed by atoms with E-state index in [9.17, 15) is 10.2 Å². The number of hydrogen-bond acceptors (Lipinski definition) is 2. The number of aliphatic hydroxyl groups is 2. The normalized spacial score (nSPS) is 39.0. The van der Waals surface area contributed by atoms with Crippen molar-refractivity contribution in [3.63, 3.8) is 0 Å². The molecule has 4 rings (SSSR count). The van der Waals surface area contributed by atoms with Gasteiger partial charge in [-0.15, -0.1) is 0 Å². The maximum Gasteiger partial charge on any atom is 0.0696 e. The smallest absolute Gasteiger partial charge is 0.0696 e. The van der Waals surface area contributed by atoms with Crippen LogP contribution in [-0.2, 0) is 0 Å². The summed E-state index contributed by atoms with van der Waals surface area (Å²) in [6.45, 7) is 2.29. The minimum absolute atomic E-state index is 0.0822. The Morgan fingerprint density at radius 1 is 0.852 bits per heavy atom. The molecule has 2 fully saturated rings. The third kappa shape index (κ3) is 3.18. The second-order valence-electron chi connectivity index (χ2n) is 8.97. The van der Waals surface area contributed by atoms with Crippen molar-refractivity contribution < 1.29 is 10.2 Å². The van der Waals surface area contributed by atoms with Gasteiger partial charge in [0, 0.05) is 22.6 Å². The van der Waals surface area contributed by atoms with E-state index in [0.717, 1.165) is 42.1 Å². The van der Waals surface area contributed by atoms with E-state index in [0.29, 0.717) is 0 Å². The number of benzene rings is 2. The largest absolute Gasteiger partial charge is 0.392 e. The highest BCUT2D eigenvalue weighted by Crippen LogP contribution is 2.63. The SMILES string of the molecule is C[C@]1(CBr)CCCC2(C1)C(O)[C@@H](c1ccccc1)[C@H](c1ccccc1)C2O. The third-order valence-electron chi connectivity index (χ3n) is 7.12. The lowest BCUT2D eigenvalue weighted by Crippen LogP contribution is -2.47. The Kier molecular flexibility index (Phi) is 5.22. The van der Waals surface area contributed by atoms with Crippen molar-refractivity contribution in [2.45, 2.75) is 56.7 Å². The first kappa shape index (κ1) is 19.2. The minimum Gasteiger partial charge on any atom is -0.392 e. The van der Waals surface area contributed by atoms with Crippen LogP contribution in [0.1, 0.15) is 55.6 Å². The van der Waals surface area contributed by atoms with E-state index in [1.165, 1.54) is 0 Å². The summed E-state index contributed by atoms with van der Waals surface area (Å²) >= 11 is 3.69. The molecule has 2 aromatic carbocycles. The number of aliphatic hydroxyl groups excluding tert-OH is 2. The molecule has 0 aliphatic heterocycles. The van der Waals surface area contributed by atoms with Gasteiger partial charge in [0.1, 0.15) is 0 Å². The summed E-state index contributed by atoms with van der Waals surface area (Å²) in [5, 5.41) is 24.3. The summed E-state index contributed by atoms with van der Waals surface area (Å²) < 4.78 is 0. The number of alkyl halides is 1. The maximum atomic E-state index is 11.7.